The first-order chi connectivity index (χ1) is 23.1. The van der Waals surface area contributed by atoms with E-state index in [0.717, 1.165) is 21.6 Å². The summed E-state index contributed by atoms with van der Waals surface area (Å²) < 4.78 is 54.0. The number of hydrogen-bond acceptors (Lipinski definition) is 8. The molecule has 1 aliphatic rings. The van der Waals surface area contributed by atoms with Crippen LogP contribution in [-0.4, -0.2) is 87.6 Å². The first kappa shape index (κ1) is 44.6. The second kappa shape index (κ2) is 20.1. The Kier molecular flexibility index (Phi) is 17.9. The van der Waals surface area contributed by atoms with Gasteiger partial charge in [-0.15, -0.1) is 0 Å². The van der Waals surface area contributed by atoms with Gasteiger partial charge in [0.25, 0.3) is 0 Å². The normalized spacial score (nSPS) is 15.1. The van der Waals surface area contributed by atoms with Gasteiger partial charge in [0.1, 0.15) is 13.5 Å². The van der Waals surface area contributed by atoms with Crippen LogP contribution >= 0.6 is 47.8 Å². The van der Waals surface area contributed by atoms with Crippen molar-refractivity contribution in [2.45, 2.75) is 104 Å². The van der Waals surface area contributed by atoms with Crippen molar-refractivity contribution in [1.82, 2.24) is 40.0 Å². The van der Waals surface area contributed by atoms with E-state index in [0.29, 0.717) is 23.3 Å². The summed E-state index contributed by atoms with van der Waals surface area (Å²) in [7, 11) is -2.70. The number of halogens is 5. The van der Waals surface area contributed by atoms with E-state index < -0.39 is 40.4 Å². The number of aromatic amines is 2. The number of nitrogens with one attached hydrogen (secondary N) is 2. The van der Waals surface area contributed by atoms with Gasteiger partial charge in [-0.25, -0.2) is 9.36 Å². The summed E-state index contributed by atoms with van der Waals surface area (Å²) in [4.78, 5) is 0. The molecule has 20 heteroatoms. The van der Waals surface area contributed by atoms with Crippen molar-refractivity contribution in [3.8, 4) is 0 Å². The Morgan fingerprint density at radius 3 is 1.76 bits per heavy atom. The average Bonchev–Trinajstić information content (AvgIpc) is 3.82. The summed E-state index contributed by atoms with van der Waals surface area (Å²) in [5.74, 6) is -0.892. The molecule has 50 heavy (non-hydrogen) atoms. The van der Waals surface area contributed by atoms with Gasteiger partial charge < -0.3 is 18.8 Å². The van der Waals surface area contributed by atoms with Gasteiger partial charge in [-0.3, -0.25) is 10.2 Å². The molecule has 12 nitrogen and oxygen atoms in total. The van der Waals surface area contributed by atoms with Crippen LogP contribution in [0.15, 0.2) is 50.6 Å². The maximum atomic E-state index is 13.2. The Hall–Kier alpha value is -1.52. The third kappa shape index (κ3) is 16.4. The van der Waals surface area contributed by atoms with E-state index in [1.165, 1.54) is 23.1 Å². The SMILES string of the molecule is Brc1cn[nH]c1.CC1(C)OB(c2cn[nH]c2F)OC1(C)C.C[Si](C)(C)CCOCn1cc(Br)cn1.C[Si](C)(C)CCOCn1ncc(Br)c1F. The highest BCUT2D eigenvalue weighted by atomic mass is 79.9. The highest BCUT2D eigenvalue weighted by molar-refractivity contribution is 9.11. The Morgan fingerprint density at radius 2 is 1.38 bits per heavy atom. The summed E-state index contributed by atoms with van der Waals surface area (Å²) in [5, 5.41) is 20.0. The number of nitrogens with zero attached hydrogens (tertiary/aromatic N) is 6. The van der Waals surface area contributed by atoms with Crippen LogP contribution in [0.3, 0.4) is 0 Å². The van der Waals surface area contributed by atoms with E-state index in [1.54, 1.807) is 23.3 Å². The molecule has 4 aromatic rings. The minimum absolute atomic E-state index is 0.182. The van der Waals surface area contributed by atoms with E-state index in [1.807, 2.05) is 33.9 Å². The van der Waals surface area contributed by atoms with Gasteiger partial charge in [0.05, 0.1) is 54.9 Å². The Balaban J connectivity index is 0.000000240. The van der Waals surface area contributed by atoms with Gasteiger partial charge in [0.15, 0.2) is 0 Å². The molecule has 1 saturated heterocycles. The van der Waals surface area contributed by atoms with Crippen LogP contribution in [0, 0.1) is 11.9 Å². The van der Waals surface area contributed by atoms with Crippen LogP contribution in [0.2, 0.25) is 51.4 Å². The first-order valence-electron chi connectivity index (χ1n) is 16.0. The third-order valence-corrected chi connectivity index (χ3v) is 12.1. The number of ether oxygens (including phenoxy) is 2. The summed E-state index contributed by atoms with van der Waals surface area (Å²) >= 11 is 9.58. The molecular weight excluding hydrogens is 881 g/mol. The Morgan fingerprint density at radius 1 is 0.800 bits per heavy atom. The summed E-state index contributed by atoms with van der Waals surface area (Å²) in [6, 6.07) is 2.28. The van der Waals surface area contributed by atoms with E-state index in [-0.39, 0.29) is 12.7 Å². The number of aromatic nitrogens is 8. The van der Waals surface area contributed by atoms with Gasteiger partial charge in [-0.05, 0) is 87.6 Å². The smallest absolute Gasteiger partial charge is 0.399 e. The van der Waals surface area contributed by atoms with Crippen LogP contribution < -0.4 is 5.46 Å². The summed E-state index contributed by atoms with van der Waals surface area (Å²) in [6.45, 7) is 23.8. The molecule has 0 radical (unpaired) electrons. The topological polar surface area (TPSA) is 130 Å². The van der Waals surface area contributed by atoms with Crippen molar-refractivity contribution >= 4 is 76.5 Å². The van der Waals surface area contributed by atoms with E-state index in [4.69, 9.17) is 18.8 Å². The molecule has 0 atom stereocenters. The largest absolute Gasteiger partial charge is 0.501 e. The zero-order valence-corrected chi connectivity index (χ0v) is 37.2. The molecule has 5 rings (SSSR count). The zero-order valence-electron chi connectivity index (χ0n) is 30.5. The Bertz CT molecular complexity index is 1530. The van der Waals surface area contributed by atoms with Crippen LogP contribution in [0.4, 0.5) is 8.78 Å². The number of rotatable bonds is 11. The molecule has 2 N–H and O–H groups in total. The molecule has 0 aromatic carbocycles. The quantitative estimate of drug-likeness (QED) is 0.114. The van der Waals surface area contributed by atoms with Crippen LogP contribution in [0.1, 0.15) is 27.7 Å². The molecule has 0 unspecified atom stereocenters. The van der Waals surface area contributed by atoms with E-state index in [2.05, 4.69) is 118 Å². The van der Waals surface area contributed by atoms with Crippen LogP contribution in [-0.2, 0) is 32.2 Å². The predicted molar refractivity (Wildman–Crippen MR) is 209 cm³/mol. The molecule has 5 heterocycles. The van der Waals surface area contributed by atoms with Crippen LogP contribution in [0.5, 0.6) is 0 Å². The van der Waals surface area contributed by atoms with E-state index >= 15 is 0 Å². The molecule has 0 aliphatic carbocycles. The summed E-state index contributed by atoms with van der Waals surface area (Å²) in [6.07, 6.45) is 9.95. The zero-order chi connectivity index (χ0) is 37.8. The molecule has 1 aliphatic heterocycles. The maximum Gasteiger partial charge on any atom is 0.501 e. The van der Waals surface area contributed by atoms with Crippen molar-refractivity contribution in [3.63, 3.8) is 0 Å². The fourth-order valence-corrected chi connectivity index (χ4v) is 5.90. The fourth-order valence-electron chi connectivity index (χ4n) is 3.56. The molecule has 0 spiro atoms. The van der Waals surface area contributed by atoms with Gasteiger partial charge in [-0.2, -0.15) is 29.2 Å². The van der Waals surface area contributed by atoms with Gasteiger partial charge >= 0.3 is 7.12 Å². The first-order valence-corrected chi connectivity index (χ1v) is 25.8. The lowest BCUT2D eigenvalue weighted by Gasteiger charge is -2.32. The lowest BCUT2D eigenvalue weighted by Crippen LogP contribution is -2.41. The second-order valence-corrected chi connectivity index (χ2v) is 28.7. The van der Waals surface area contributed by atoms with Crippen molar-refractivity contribution in [2.75, 3.05) is 13.2 Å². The number of H-pyrrole nitrogens is 2. The van der Waals surface area contributed by atoms with E-state index in [9.17, 15) is 8.78 Å². The fraction of sp³-hybridized carbons (Fsp3) is 0.600. The molecule has 280 valence electrons. The minimum atomic E-state index is -1.06. The third-order valence-electron chi connectivity index (χ3n) is 7.36. The van der Waals surface area contributed by atoms with Gasteiger partial charge in [0, 0.05) is 41.8 Å². The second-order valence-electron chi connectivity index (χ2n) is 14.8. The summed E-state index contributed by atoms with van der Waals surface area (Å²) in [5.41, 5.74) is -0.600. The molecule has 0 bridgehead atoms. The Labute approximate surface area is 321 Å². The molecular formula is C30H50BBr3F2N8O4Si2. The average molecular weight is 931 g/mol. The van der Waals surface area contributed by atoms with Crippen molar-refractivity contribution in [1.29, 1.82) is 0 Å². The minimum Gasteiger partial charge on any atom is -0.399 e. The monoisotopic (exact) mass is 928 g/mol. The lowest BCUT2D eigenvalue weighted by molar-refractivity contribution is 0.00578. The van der Waals surface area contributed by atoms with Crippen LogP contribution in [0.25, 0.3) is 0 Å². The maximum absolute atomic E-state index is 13.2. The highest BCUT2D eigenvalue weighted by Gasteiger charge is 2.52. The molecule has 1 fully saturated rings. The van der Waals surface area contributed by atoms with Crippen molar-refractivity contribution < 1.29 is 27.6 Å². The standard InChI is InChI=1S/C9H14BFN2O2.C9H16BrFN2OSi.C9H17BrN2OSi.C3H3BrN2/c1-8(2)9(3,4)15-10(14-8)6-5-12-13-7(6)11;1-15(2,3)5-4-14-7-13-9(11)8(10)6-12-13;1-14(2,3)5-4-13-8-12-7-9(10)6-11-12;4-3-1-5-6-2-3/h5H,1-4H3,(H,12,13);6H,4-5,7H2,1-3H3;6-7H,4-5,8H2,1-3H3;1-2H,(H,5,6). The lowest BCUT2D eigenvalue weighted by atomic mass is 9.81. The van der Waals surface area contributed by atoms with Crippen molar-refractivity contribution in [3.05, 3.63) is 62.5 Å². The number of hydrogen-bond donors (Lipinski definition) is 2. The van der Waals surface area contributed by atoms with Crippen molar-refractivity contribution in [2.24, 2.45) is 0 Å². The molecule has 4 aromatic heterocycles. The highest BCUT2D eigenvalue weighted by Crippen LogP contribution is 2.36. The predicted octanol–water partition coefficient (Wildman–Crippen LogP) is 8.08. The van der Waals surface area contributed by atoms with Gasteiger partial charge in [0.2, 0.25) is 11.9 Å². The molecule has 0 amide bonds. The molecule has 0 saturated carbocycles. The van der Waals surface area contributed by atoms with Gasteiger partial charge in [-0.1, -0.05) is 39.3 Å².